The molecule has 6 rings (SSSR count). The van der Waals surface area contributed by atoms with Crippen molar-refractivity contribution in [1.29, 1.82) is 0 Å². The number of rotatable bonds is 14. The smallest absolute Gasteiger partial charge is 0.408 e. The molecule has 63 heavy (non-hydrogen) atoms. The first-order valence-electron chi connectivity index (χ1n) is 22.9. The Morgan fingerprint density at radius 3 is 2.48 bits per heavy atom. The van der Waals surface area contributed by atoms with Crippen LogP contribution in [0.2, 0.25) is 0 Å². The number of carbonyl (C=O) groups is 4. The molecule has 4 fully saturated rings. The van der Waals surface area contributed by atoms with Crippen LogP contribution < -0.4 is 10.6 Å². The van der Waals surface area contributed by atoms with Gasteiger partial charge in [0, 0.05) is 55.1 Å². The molecule has 0 radical (unpaired) electrons. The maximum absolute atomic E-state index is 15.2. The number of hydrogen-bond acceptors (Lipinski definition) is 14. The van der Waals surface area contributed by atoms with E-state index in [1.54, 1.807) is 20.0 Å². The van der Waals surface area contributed by atoms with Gasteiger partial charge >= 0.3 is 12.1 Å². The van der Waals surface area contributed by atoms with Crippen molar-refractivity contribution in [3.8, 4) is 0 Å². The van der Waals surface area contributed by atoms with Crippen LogP contribution in [0.4, 0.5) is 4.79 Å². The minimum Gasteiger partial charge on any atom is -0.458 e. The van der Waals surface area contributed by atoms with Crippen LogP contribution in [-0.4, -0.2) is 151 Å². The minimum atomic E-state index is -1.44. The summed E-state index contributed by atoms with van der Waals surface area (Å²) in [5.74, 6) is -5.25. The number of cyclic esters (lactones) is 1. The average molecular weight is 878 g/mol. The molecule has 4 aliphatic rings. The van der Waals surface area contributed by atoms with Crippen LogP contribution in [0.5, 0.6) is 0 Å². The topological polar surface area (TPSA) is 178 Å². The second kappa shape index (κ2) is 20.6. The Morgan fingerprint density at radius 2 is 1.78 bits per heavy atom. The van der Waals surface area contributed by atoms with E-state index in [0.717, 1.165) is 23.0 Å². The van der Waals surface area contributed by atoms with Gasteiger partial charge in [-0.15, -0.1) is 0 Å². The Balaban J connectivity index is 1.39. The van der Waals surface area contributed by atoms with Gasteiger partial charge in [0.05, 0.1) is 41.9 Å². The Hall–Kier alpha value is -3.83. The summed E-state index contributed by atoms with van der Waals surface area (Å²) in [5, 5.41) is 19.1. The number of ketones is 2. The number of alkyl carbamates (subject to hydrolysis) is 1. The highest BCUT2D eigenvalue weighted by atomic mass is 16.7. The van der Waals surface area contributed by atoms with E-state index < -0.39 is 83.4 Å². The number of benzene rings is 1. The molecule has 0 unspecified atom stereocenters. The summed E-state index contributed by atoms with van der Waals surface area (Å²) in [4.78, 5) is 66.0. The van der Waals surface area contributed by atoms with Crippen LogP contribution in [0.15, 0.2) is 42.6 Å². The normalized spacial score (nSPS) is 36.0. The predicted octanol–water partition coefficient (Wildman–Crippen LogP) is 4.77. The van der Waals surface area contributed by atoms with E-state index in [1.807, 2.05) is 89.2 Å². The number of nitrogens with zero attached hydrogens (tertiary/aromatic N) is 3. The van der Waals surface area contributed by atoms with Crippen molar-refractivity contribution in [2.24, 2.45) is 23.7 Å². The number of nitrogens with one attached hydrogen (secondary N) is 2. The van der Waals surface area contributed by atoms with Crippen molar-refractivity contribution >= 4 is 40.6 Å². The quantitative estimate of drug-likeness (QED) is 0.134. The summed E-state index contributed by atoms with van der Waals surface area (Å²) in [6.07, 6.45) is 3.36. The molecule has 3 aliphatic heterocycles. The van der Waals surface area contributed by atoms with Crippen molar-refractivity contribution in [3.63, 3.8) is 0 Å². The van der Waals surface area contributed by atoms with Crippen LogP contribution >= 0.6 is 0 Å². The fraction of sp³-hybridized carbons (Fsp3) is 0.688. The van der Waals surface area contributed by atoms with Crippen LogP contribution in [0, 0.1) is 23.7 Å². The first kappa shape index (κ1) is 48.6. The molecule has 1 aromatic carbocycles. The average Bonchev–Trinajstić information content (AvgIpc) is 4.06. The SMILES string of the molecule is CC[C@H]1OC(=O)[C@H](C)C(=O)[C@H](C)[C@@H](O[C@@H]2O[C@H](C)C[C@H](N(C)C)[C@H]2O)[C@@](C)(OC/C=C/c2cnc3ccccc3c2)C[C@@H](C)C(=O)[C@H](CNCCN(C)C2CC2)[C@H]2NC(=O)O[C@@]21C. The lowest BCUT2D eigenvalue weighted by molar-refractivity contribution is -0.296. The second-order valence-corrected chi connectivity index (χ2v) is 19.1. The molecule has 4 heterocycles. The lowest BCUT2D eigenvalue weighted by atomic mass is 9.73. The van der Waals surface area contributed by atoms with Crippen LogP contribution in [0.3, 0.4) is 0 Å². The number of ether oxygens (including phenoxy) is 5. The summed E-state index contributed by atoms with van der Waals surface area (Å²) >= 11 is 0. The van der Waals surface area contributed by atoms with E-state index >= 15 is 4.79 Å². The van der Waals surface area contributed by atoms with E-state index in [2.05, 4.69) is 27.6 Å². The highest BCUT2D eigenvalue weighted by Crippen LogP contribution is 2.40. The number of aliphatic hydroxyl groups excluding tert-OH is 1. The molecule has 13 atom stereocenters. The first-order chi connectivity index (χ1) is 29.9. The molecular weight excluding hydrogens is 807 g/mol. The van der Waals surface area contributed by atoms with Gasteiger partial charge in [0.2, 0.25) is 0 Å². The summed E-state index contributed by atoms with van der Waals surface area (Å²) in [6, 6.07) is 9.24. The van der Waals surface area contributed by atoms with Gasteiger partial charge in [-0.3, -0.25) is 19.4 Å². The molecule has 3 saturated heterocycles. The number of carbonyl (C=O) groups excluding carboxylic acids is 4. The number of para-hydroxylation sites is 1. The molecule has 1 aliphatic carbocycles. The number of aromatic nitrogens is 1. The molecule has 3 N–H and O–H groups in total. The molecule has 15 nitrogen and oxygen atoms in total. The number of fused-ring (bicyclic) bond motifs is 2. The molecule has 1 saturated carbocycles. The van der Waals surface area contributed by atoms with Gasteiger partial charge in [-0.25, -0.2) is 4.79 Å². The monoisotopic (exact) mass is 878 g/mol. The standard InChI is InChI=1S/C48H71N5O10/c1-11-38-48(7)42(51-46(58)63-48)35(27-49-20-21-53(10)34-18-19-34)39(54)28(2)25-47(6,59-22-14-15-32-24-33-16-12-13-17-36(33)50-26-32)43(30(4)40(55)31(5)44(57)61-38)62-45-41(56)37(52(8)9)23-29(3)60-45/h12-17,24,26,28-31,34-35,37-38,41-43,45,49,56H,11,18-23,25,27H2,1-10H3,(H,51,58)/b15-14+/t28-,29-,30+,31-,35+,37+,38-,41-,42-,43-,45+,47+,48-/m1/s1. The van der Waals surface area contributed by atoms with Gasteiger partial charge < -0.3 is 49.2 Å². The number of hydrogen-bond donors (Lipinski definition) is 3. The highest BCUT2D eigenvalue weighted by molar-refractivity contribution is 6.00. The largest absolute Gasteiger partial charge is 0.458 e. The number of aliphatic hydroxyl groups is 1. The van der Waals surface area contributed by atoms with Gasteiger partial charge in [-0.2, -0.15) is 0 Å². The van der Waals surface area contributed by atoms with E-state index in [-0.39, 0.29) is 43.9 Å². The Morgan fingerprint density at radius 1 is 1.05 bits per heavy atom. The molecule has 0 spiro atoms. The van der Waals surface area contributed by atoms with Crippen molar-refractivity contribution in [2.45, 2.75) is 141 Å². The molecule has 1 amide bonds. The minimum absolute atomic E-state index is 0.0513. The number of amides is 1. The van der Waals surface area contributed by atoms with Gasteiger partial charge in [0.15, 0.2) is 17.7 Å². The van der Waals surface area contributed by atoms with E-state index in [1.165, 1.54) is 19.8 Å². The summed E-state index contributed by atoms with van der Waals surface area (Å²) in [7, 11) is 5.85. The summed E-state index contributed by atoms with van der Waals surface area (Å²) in [6.45, 7) is 13.9. The summed E-state index contributed by atoms with van der Waals surface area (Å²) < 4.78 is 32.1. The fourth-order valence-electron chi connectivity index (χ4n) is 9.95. The number of likely N-dealkylation sites (N-methyl/N-ethyl adjacent to an activating group) is 2. The number of esters is 1. The van der Waals surface area contributed by atoms with Crippen molar-refractivity contribution < 1.29 is 48.0 Å². The third-order valence-electron chi connectivity index (χ3n) is 13.9. The van der Waals surface area contributed by atoms with E-state index in [4.69, 9.17) is 23.7 Å². The van der Waals surface area contributed by atoms with E-state index in [9.17, 15) is 19.5 Å². The third kappa shape index (κ3) is 11.2. The maximum atomic E-state index is 15.2. The number of pyridine rings is 1. The fourth-order valence-corrected chi connectivity index (χ4v) is 9.95. The third-order valence-corrected chi connectivity index (χ3v) is 13.9. The zero-order valence-electron chi connectivity index (χ0n) is 38.9. The van der Waals surface area contributed by atoms with Gasteiger partial charge in [0.25, 0.3) is 0 Å². The summed E-state index contributed by atoms with van der Waals surface area (Å²) in [5.41, 5.74) is -1.10. The van der Waals surface area contributed by atoms with Crippen LogP contribution in [0.25, 0.3) is 17.0 Å². The Labute approximate surface area is 372 Å². The van der Waals surface area contributed by atoms with Crippen LogP contribution in [0.1, 0.15) is 86.1 Å². The lowest BCUT2D eigenvalue weighted by Gasteiger charge is -2.47. The van der Waals surface area contributed by atoms with Gasteiger partial charge in [0.1, 0.15) is 23.9 Å². The van der Waals surface area contributed by atoms with Gasteiger partial charge in [-0.1, -0.05) is 51.1 Å². The first-order valence-corrected chi connectivity index (χ1v) is 22.9. The van der Waals surface area contributed by atoms with Crippen LogP contribution in [-0.2, 0) is 38.1 Å². The molecule has 0 bridgehead atoms. The van der Waals surface area contributed by atoms with Crippen molar-refractivity contribution in [3.05, 3.63) is 48.2 Å². The zero-order valence-corrected chi connectivity index (χ0v) is 38.9. The molecule has 1 aromatic heterocycles. The predicted molar refractivity (Wildman–Crippen MR) is 239 cm³/mol. The molecule has 2 aromatic rings. The van der Waals surface area contributed by atoms with Crippen molar-refractivity contribution in [2.75, 3.05) is 47.4 Å². The Kier molecular flexibility index (Phi) is 15.9. The Bertz CT molecular complexity index is 1960. The van der Waals surface area contributed by atoms with Crippen molar-refractivity contribution in [1.82, 2.24) is 25.4 Å². The maximum Gasteiger partial charge on any atom is 0.408 e. The molecular formula is C48H71N5O10. The number of Topliss-reactive ketones (excluding diaryl/α,β-unsaturated/α-hetero) is 2. The molecule has 15 heteroatoms. The van der Waals surface area contributed by atoms with E-state index in [0.29, 0.717) is 19.0 Å². The highest BCUT2D eigenvalue weighted by Gasteiger charge is 2.58. The lowest BCUT2D eigenvalue weighted by Crippen LogP contribution is -2.61. The van der Waals surface area contributed by atoms with Gasteiger partial charge in [-0.05, 0) is 98.6 Å². The molecule has 348 valence electrons. The second-order valence-electron chi connectivity index (χ2n) is 19.1. The zero-order chi connectivity index (χ0) is 45.8.